The van der Waals surface area contributed by atoms with Crippen LogP contribution >= 0.6 is 0 Å². The van der Waals surface area contributed by atoms with E-state index in [1.54, 1.807) is 0 Å². The van der Waals surface area contributed by atoms with Crippen molar-refractivity contribution in [1.82, 2.24) is 5.32 Å². The molecule has 1 aromatic rings. The minimum Gasteiger partial charge on any atom is -0.338 e. The van der Waals surface area contributed by atoms with Gasteiger partial charge in [-0.2, -0.15) is 13.2 Å². The number of carbonyl (C=O) groups excluding carboxylic acids is 1. The normalized spacial score (nSPS) is 12.9. The molecule has 0 saturated carbocycles. The van der Waals surface area contributed by atoms with Crippen LogP contribution < -0.4 is 16.4 Å². The summed E-state index contributed by atoms with van der Waals surface area (Å²) in [7, 11) is 0. The molecule has 0 saturated heterocycles. The van der Waals surface area contributed by atoms with Gasteiger partial charge < -0.3 is 16.4 Å². The summed E-state index contributed by atoms with van der Waals surface area (Å²) in [5.74, 6) is 0.0589. The zero-order chi connectivity index (χ0) is 14.5. The van der Waals surface area contributed by atoms with Crippen LogP contribution in [0, 0.1) is 5.92 Å². The minimum absolute atomic E-state index is 0.0589. The highest BCUT2D eigenvalue weighted by Crippen LogP contribution is 2.34. The van der Waals surface area contributed by atoms with Gasteiger partial charge in [0.05, 0.1) is 11.3 Å². The molecule has 19 heavy (non-hydrogen) atoms. The van der Waals surface area contributed by atoms with Crippen LogP contribution in [0.2, 0.25) is 0 Å². The summed E-state index contributed by atoms with van der Waals surface area (Å²) in [6, 6.07) is 4.12. The zero-order valence-electron chi connectivity index (χ0n) is 10.4. The number of nitrogens with two attached hydrogens (primary N) is 1. The molecule has 4 N–H and O–H groups in total. The van der Waals surface area contributed by atoms with Gasteiger partial charge in [-0.05, 0) is 24.6 Å². The predicted octanol–water partition coefficient (Wildman–Crippen LogP) is 2.42. The number of hydrogen-bond acceptors (Lipinski definition) is 2. The second-order valence-electron chi connectivity index (χ2n) is 4.22. The molecule has 1 unspecified atom stereocenters. The Hall–Kier alpha value is -1.76. The molecule has 1 aromatic carbocycles. The van der Waals surface area contributed by atoms with Crippen LogP contribution in [0.5, 0.6) is 0 Å². The summed E-state index contributed by atoms with van der Waals surface area (Å²) >= 11 is 0. The van der Waals surface area contributed by atoms with Gasteiger partial charge in [0.15, 0.2) is 0 Å². The fourth-order valence-electron chi connectivity index (χ4n) is 1.36. The van der Waals surface area contributed by atoms with E-state index in [9.17, 15) is 18.0 Å². The Bertz CT molecular complexity index is 434. The first kappa shape index (κ1) is 15.3. The highest BCUT2D eigenvalue weighted by molar-refractivity contribution is 5.90. The van der Waals surface area contributed by atoms with Crippen LogP contribution in [-0.4, -0.2) is 19.1 Å². The number of amides is 2. The third kappa shape index (κ3) is 4.78. The van der Waals surface area contributed by atoms with Gasteiger partial charge in [-0.25, -0.2) is 4.79 Å². The van der Waals surface area contributed by atoms with Gasteiger partial charge in [-0.15, -0.1) is 0 Å². The second kappa shape index (κ2) is 6.42. The number of nitrogens with one attached hydrogen (secondary N) is 2. The van der Waals surface area contributed by atoms with Gasteiger partial charge in [0.25, 0.3) is 0 Å². The number of rotatable bonds is 4. The minimum atomic E-state index is -4.51. The van der Waals surface area contributed by atoms with Gasteiger partial charge in [0, 0.05) is 6.54 Å². The Morgan fingerprint density at radius 3 is 2.58 bits per heavy atom. The molecular formula is C12H16F3N3O. The van der Waals surface area contributed by atoms with E-state index in [0.717, 1.165) is 6.07 Å². The molecule has 0 aliphatic carbocycles. The SMILES string of the molecule is CC(CN)CNC(=O)Nc1ccccc1C(F)(F)F. The number of para-hydroxylation sites is 1. The third-order valence-corrected chi connectivity index (χ3v) is 2.49. The summed E-state index contributed by atoms with van der Waals surface area (Å²) < 4.78 is 38.0. The number of urea groups is 1. The van der Waals surface area contributed by atoms with Crippen LogP contribution in [0.4, 0.5) is 23.7 Å². The van der Waals surface area contributed by atoms with Crippen molar-refractivity contribution in [2.75, 3.05) is 18.4 Å². The number of carbonyl (C=O) groups is 1. The molecule has 0 spiro atoms. The smallest absolute Gasteiger partial charge is 0.338 e. The van der Waals surface area contributed by atoms with E-state index in [1.807, 2.05) is 6.92 Å². The first-order valence-electron chi connectivity index (χ1n) is 5.75. The summed E-state index contributed by atoms with van der Waals surface area (Å²) in [6.07, 6.45) is -4.51. The molecule has 0 heterocycles. The lowest BCUT2D eigenvalue weighted by Gasteiger charge is -2.15. The molecule has 1 rings (SSSR count). The number of hydrogen-bond donors (Lipinski definition) is 3. The van der Waals surface area contributed by atoms with Gasteiger partial charge >= 0.3 is 12.2 Å². The highest BCUT2D eigenvalue weighted by Gasteiger charge is 2.33. The van der Waals surface area contributed by atoms with Crippen molar-refractivity contribution >= 4 is 11.7 Å². The maximum Gasteiger partial charge on any atom is 0.418 e. The van der Waals surface area contributed by atoms with E-state index in [2.05, 4.69) is 10.6 Å². The Morgan fingerprint density at radius 2 is 2.00 bits per heavy atom. The molecule has 0 bridgehead atoms. The predicted molar refractivity (Wildman–Crippen MR) is 66.7 cm³/mol. The fraction of sp³-hybridized carbons (Fsp3) is 0.417. The Labute approximate surface area is 109 Å². The van der Waals surface area contributed by atoms with Crippen molar-refractivity contribution in [2.45, 2.75) is 13.1 Å². The quantitative estimate of drug-likeness (QED) is 0.790. The Morgan fingerprint density at radius 1 is 1.37 bits per heavy atom. The lowest BCUT2D eigenvalue weighted by atomic mass is 10.1. The van der Waals surface area contributed by atoms with Crippen LogP contribution in [0.25, 0.3) is 0 Å². The maximum absolute atomic E-state index is 12.7. The standard InChI is InChI=1S/C12H16F3N3O/c1-8(6-16)7-17-11(19)18-10-5-3-2-4-9(10)12(13,14)15/h2-5,8H,6-7,16H2,1H3,(H2,17,18,19). The molecule has 4 nitrogen and oxygen atoms in total. The van der Waals surface area contributed by atoms with Crippen LogP contribution in [0.3, 0.4) is 0 Å². The molecule has 0 radical (unpaired) electrons. The van der Waals surface area contributed by atoms with Gasteiger partial charge in [0.2, 0.25) is 0 Å². The van der Waals surface area contributed by atoms with Crippen molar-refractivity contribution in [1.29, 1.82) is 0 Å². The van der Waals surface area contributed by atoms with Gasteiger partial charge in [-0.1, -0.05) is 19.1 Å². The molecule has 0 aliphatic rings. The van der Waals surface area contributed by atoms with E-state index >= 15 is 0 Å². The molecule has 2 amide bonds. The van der Waals surface area contributed by atoms with E-state index in [1.165, 1.54) is 18.2 Å². The van der Waals surface area contributed by atoms with Gasteiger partial charge in [0.1, 0.15) is 0 Å². The van der Waals surface area contributed by atoms with Crippen LogP contribution in [0.1, 0.15) is 12.5 Å². The van der Waals surface area contributed by atoms with E-state index < -0.39 is 17.8 Å². The third-order valence-electron chi connectivity index (χ3n) is 2.49. The Balaban J connectivity index is 2.70. The van der Waals surface area contributed by atoms with E-state index in [0.29, 0.717) is 13.1 Å². The number of anilines is 1. The Kier molecular flexibility index (Phi) is 5.17. The topological polar surface area (TPSA) is 67.1 Å². The lowest BCUT2D eigenvalue weighted by Crippen LogP contribution is -2.34. The van der Waals surface area contributed by atoms with Gasteiger partial charge in [-0.3, -0.25) is 0 Å². The molecule has 106 valence electrons. The average molecular weight is 275 g/mol. The molecule has 0 aliphatic heterocycles. The van der Waals surface area contributed by atoms with Crippen molar-refractivity contribution in [3.05, 3.63) is 29.8 Å². The highest BCUT2D eigenvalue weighted by atomic mass is 19.4. The maximum atomic E-state index is 12.7. The molecule has 0 aromatic heterocycles. The van der Waals surface area contributed by atoms with E-state index in [-0.39, 0.29) is 11.6 Å². The second-order valence-corrected chi connectivity index (χ2v) is 4.22. The lowest BCUT2D eigenvalue weighted by molar-refractivity contribution is -0.136. The summed E-state index contributed by atoms with van der Waals surface area (Å²) in [4.78, 5) is 11.5. The molecular weight excluding hydrogens is 259 g/mol. The van der Waals surface area contributed by atoms with E-state index in [4.69, 9.17) is 5.73 Å². The first-order valence-corrected chi connectivity index (χ1v) is 5.75. The van der Waals surface area contributed by atoms with Crippen molar-refractivity contribution in [3.8, 4) is 0 Å². The van der Waals surface area contributed by atoms with Crippen molar-refractivity contribution in [3.63, 3.8) is 0 Å². The zero-order valence-corrected chi connectivity index (χ0v) is 10.4. The summed E-state index contributed by atoms with van der Waals surface area (Å²) in [5, 5.41) is 4.65. The number of alkyl halides is 3. The average Bonchev–Trinajstić information content (AvgIpc) is 2.35. The molecule has 1 atom stereocenters. The number of halogens is 3. The van der Waals surface area contributed by atoms with Crippen molar-refractivity contribution in [2.24, 2.45) is 11.7 Å². The van der Waals surface area contributed by atoms with Crippen molar-refractivity contribution < 1.29 is 18.0 Å². The monoisotopic (exact) mass is 275 g/mol. The van der Waals surface area contributed by atoms with Crippen LogP contribution in [-0.2, 0) is 6.18 Å². The molecule has 7 heteroatoms. The number of benzene rings is 1. The molecule has 0 fully saturated rings. The fourth-order valence-corrected chi connectivity index (χ4v) is 1.36. The largest absolute Gasteiger partial charge is 0.418 e. The van der Waals surface area contributed by atoms with Crippen LogP contribution in [0.15, 0.2) is 24.3 Å². The first-order chi connectivity index (χ1) is 8.84. The summed E-state index contributed by atoms with van der Waals surface area (Å²) in [6.45, 7) is 2.51. The summed E-state index contributed by atoms with van der Waals surface area (Å²) in [5.41, 5.74) is 4.22.